The molecule has 1 aromatic rings. The normalized spacial score (nSPS) is 11.9. The van der Waals surface area contributed by atoms with Gasteiger partial charge < -0.3 is 15.4 Å². The zero-order chi connectivity index (χ0) is 14.1. The van der Waals surface area contributed by atoms with Gasteiger partial charge in [-0.3, -0.25) is 4.79 Å². The molecule has 0 saturated heterocycles. The number of rotatable bonds is 8. The molecule has 1 aromatic carbocycles. The van der Waals surface area contributed by atoms with Crippen molar-refractivity contribution in [2.24, 2.45) is 0 Å². The average molecular weight is 264 g/mol. The SMILES string of the molecule is CCNCCC(=O)Nc1cccc(OC(C)CC)c1. The topological polar surface area (TPSA) is 50.4 Å². The predicted octanol–water partition coefficient (Wildman–Crippen LogP) is 2.80. The van der Waals surface area contributed by atoms with E-state index in [-0.39, 0.29) is 12.0 Å². The molecular weight excluding hydrogens is 240 g/mol. The number of carbonyl (C=O) groups excluding carboxylic acids is 1. The van der Waals surface area contributed by atoms with Crippen molar-refractivity contribution in [2.75, 3.05) is 18.4 Å². The highest BCUT2D eigenvalue weighted by Crippen LogP contribution is 2.19. The Morgan fingerprint density at radius 1 is 1.37 bits per heavy atom. The molecule has 106 valence electrons. The Bertz CT molecular complexity index is 393. The summed E-state index contributed by atoms with van der Waals surface area (Å²) in [4.78, 5) is 11.7. The summed E-state index contributed by atoms with van der Waals surface area (Å²) in [5.41, 5.74) is 0.780. The minimum Gasteiger partial charge on any atom is -0.491 e. The molecular formula is C15H24N2O2. The van der Waals surface area contributed by atoms with Crippen LogP contribution in [0.15, 0.2) is 24.3 Å². The maximum absolute atomic E-state index is 11.7. The van der Waals surface area contributed by atoms with E-state index in [0.29, 0.717) is 13.0 Å². The van der Waals surface area contributed by atoms with Crippen LogP contribution in [0.4, 0.5) is 5.69 Å². The van der Waals surface area contributed by atoms with Gasteiger partial charge in [0.25, 0.3) is 0 Å². The van der Waals surface area contributed by atoms with Gasteiger partial charge >= 0.3 is 0 Å². The van der Waals surface area contributed by atoms with Gasteiger partial charge in [0.05, 0.1) is 6.10 Å². The third-order valence-electron chi connectivity index (χ3n) is 2.81. The van der Waals surface area contributed by atoms with Crippen LogP contribution in [-0.4, -0.2) is 25.1 Å². The summed E-state index contributed by atoms with van der Waals surface area (Å²) in [6.45, 7) is 7.71. The Kier molecular flexibility index (Phi) is 6.97. The number of hydrogen-bond acceptors (Lipinski definition) is 3. The molecule has 19 heavy (non-hydrogen) atoms. The van der Waals surface area contributed by atoms with E-state index in [2.05, 4.69) is 17.6 Å². The molecule has 1 amide bonds. The van der Waals surface area contributed by atoms with E-state index >= 15 is 0 Å². The van der Waals surface area contributed by atoms with E-state index in [0.717, 1.165) is 24.4 Å². The average Bonchev–Trinajstić information content (AvgIpc) is 2.39. The van der Waals surface area contributed by atoms with Crippen molar-refractivity contribution >= 4 is 11.6 Å². The molecule has 4 nitrogen and oxygen atoms in total. The molecule has 1 rings (SSSR count). The summed E-state index contributed by atoms with van der Waals surface area (Å²) in [6, 6.07) is 7.52. The summed E-state index contributed by atoms with van der Waals surface area (Å²) in [6.07, 6.45) is 1.61. The molecule has 0 heterocycles. The van der Waals surface area contributed by atoms with Gasteiger partial charge in [0.15, 0.2) is 0 Å². The summed E-state index contributed by atoms with van der Waals surface area (Å²) < 4.78 is 5.72. The van der Waals surface area contributed by atoms with Crippen molar-refractivity contribution in [2.45, 2.75) is 39.7 Å². The second kappa shape index (κ2) is 8.53. The lowest BCUT2D eigenvalue weighted by Crippen LogP contribution is -2.21. The smallest absolute Gasteiger partial charge is 0.225 e. The molecule has 1 unspecified atom stereocenters. The van der Waals surface area contributed by atoms with Gasteiger partial charge in [-0.15, -0.1) is 0 Å². The minimum absolute atomic E-state index is 0.0154. The largest absolute Gasteiger partial charge is 0.491 e. The molecule has 0 bridgehead atoms. The van der Waals surface area contributed by atoms with Crippen molar-refractivity contribution in [1.29, 1.82) is 0 Å². The number of benzene rings is 1. The first-order valence-corrected chi connectivity index (χ1v) is 6.93. The van der Waals surface area contributed by atoms with Gasteiger partial charge in [-0.25, -0.2) is 0 Å². The van der Waals surface area contributed by atoms with E-state index in [1.807, 2.05) is 38.1 Å². The lowest BCUT2D eigenvalue weighted by molar-refractivity contribution is -0.116. The molecule has 0 radical (unpaired) electrons. The Morgan fingerprint density at radius 2 is 2.16 bits per heavy atom. The van der Waals surface area contributed by atoms with Crippen LogP contribution >= 0.6 is 0 Å². The highest BCUT2D eigenvalue weighted by molar-refractivity contribution is 5.90. The van der Waals surface area contributed by atoms with Crippen LogP contribution in [-0.2, 0) is 4.79 Å². The van der Waals surface area contributed by atoms with Gasteiger partial charge in [0, 0.05) is 24.7 Å². The summed E-state index contributed by atoms with van der Waals surface area (Å²) >= 11 is 0. The zero-order valence-corrected chi connectivity index (χ0v) is 12.0. The standard InChI is InChI=1S/C15H24N2O2/c1-4-12(3)19-14-8-6-7-13(11-14)17-15(18)9-10-16-5-2/h6-8,11-12,16H,4-5,9-10H2,1-3H3,(H,17,18). The van der Waals surface area contributed by atoms with Crippen LogP contribution < -0.4 is 15.4 Å². The van der Waals surface area contributed by atoms with Crippen LogP contribution in [0.5, 0.6) is 5.75 Å². The monoisotopic (exact) mass is 264 g/mol. The molecule has 0 fully saturated rings. The van der Waals surface area contributed by atoms with Crippen LogP contribution in [0, 0.1) is 0 Å². The summed E-state index contributed by atoms with van der Waals surface area (Å²) in [7, 11) is 0. The number of nitrogens with one attached hydrogen (secondary N) is 2. The van der Waals surface area contributed by atoms with Gasteiger partial charge in [0.2, 0.25) is 5.91 Å². The van der Waals surface area contributed by atoms with Gasteiger partial charge in [-0.2, -0.15) is 0 Å². The van der Waals surface area contributed by atoms with E-state index in [9.17, 15) is 4.79 Å². The maximum atomic E-state index is 11.7. The summed E-state index contributed by atoms with van der Waals surface area (Å²) in [5, 5.41) is 6.00. The Hall–Kier alpha value is -1.55. The van der Waals surface area contributed by atoms with Crippen LogP contribution in [0.3, 0.4) is 0 Å². The molecule has 0 spiro atoms. The number of ether oxygens (including phenoxy) is 1. The van der Waals surface area contributed by atoms with Crippen molar-refractivity contribution < 1.29 is 9.53 Å². The van der Waals surface area contributed by atoms with E-state index in [1.165, 1.54) is 0 Å². The fourth-order valence-electron chi connectivity index (χ4n) is 1.56. The van der Waals surface area contributed by atoms with Crippen LogP contribution in [0.2, 0.25) is 0 Å². The van der Waals surface area contributed by atoms with Gasteiger partial charge in [0.1, 0.15) is 5.75 Å². The van der Waals surface area contributed by atoms with Crippen LogP contribution in [0.1, 0.15) is 33.6 Å². The lowest BCUT2D eigenvalue weighted by atomic mass is 10.2. The quantitative estimate of drug-likeness (QED) is 0.710. The maximum Gasteiger partial charge on any atom is 0.225 e. The van der Waals surface area contributed by atoms with Crippen LogP contribution in [0.25, 0.3) is 0 Å². The highest BCUT2D eigenvalue weighted by Gasteiger charge is 2.04. The third kappa shape index (κ3) is 6.25. The third-order valence-corrected chi connectivity index (χ3v) is 2.81. The summed E-state index contributed by atoms with van der Waals surface area (Å²) in [5.74, 6) is 0.806. The molecule has 0 saturated carbocycles. The number of amides is 1. The van der Waals surface area contributed by atoms with Crippen molar-refractivity contribution in [3.8, 4) is 5.75 Å². The number of carbonyl (C=O) groups is 1. The van der Waals surface area contributed by atoms with Crippen molar-refractivity contribution in [3.63, 3.8) is 0 Å². The minimum atomic E-state index is 0.0154. The molecule has 0 aliphatic rings. The molecule has 0 aliphatic heterocycles. The Labute approximate surface area is 115 Å². The molecule has 2 N–H and O–H groups in total. The van der Waals surface area contributed by atoms with Crippen molar-refractivity contribution in [3.05, 3.63) is 24.3 Å². The Morgan fingerprint density at radius 3 is 2.84 bits per heavy atom. The number of anilines is 1. The zero-order valence-electron chi connectivity index (χ0n) is 12.0. The van der Waals surface area contributed by atoms with E-state index in [1.54, 1.807) is 0 Å². The fraction of sp³-hybridized carbons (Fsp3) is 0.533. The molecule has 0 aromatic heterocycles. The van der Waals surface area contributed by atoms with Gasteiger partial charge in [-0.05, 0) is 32.0 Å². The fourth-order valence-corrected chi connectivity index (χ4v) is 1.56. The second-order valence-corrected chi connectivity index (χ2v) is 4.52. The van der Waals surface area contributed by atoms with E-state index < -0.39 is 0 Å². The first kappa shape index (κ1) is 15.5. The van der Waals surface area contributed by atoms with Crippen molar-refractivity contribution in [1.82, 2.24) is 5.32 Å². The molecule has 1 atom stereocenters. The number of hydrogen-bond donors (Lipinski definition) is 2. The first-order chi connectivity index (χ1) is 9.15. The lowest BCUT2D eigenvalue weighted by Gasteiger charge is -2.13. The van der Waals surface area contributed by atoms with Gasteiger partial charge in [-0.1, -0.05) is 19.9 Å². The Balaban J connectivity index is 2.49. The predicted molar refractivity (Wildman–Crippen MR) is 78.6 cm³/mol. The second-order valence-electron chi connectivity index (χ2n) is 4.52. The van der Waals surface area contributed by atoms with E-state index in [4.69, 9.17) is 4.74 Å². The molecule has 4 heteroatoms. The molecule has 0 aliphatic carbocycles. The highest BCUT2D eigenvalue weighted by atomic mass is 16.5. The first-order valence-electron chi connectivity index (χ1n) is 6.93.